The lowest BCUT2D eigenvalue weighted by molar-refractivity contribution is -0.133. The Balaban J connectivity index is 1.22. The standard InChI is InChI=1S/C25H29N5O2/c31-24(9-5-15-30-19-26-18-28-30)29-14-4-6-20(17-29)16-27-25(32)23-12-10-22(11-13-23)21-7-2-1-3-8-21/h1-3,7-8,10-13,18-20H,4-6,9,14-17H2,(H,27,32). The van der Waals surface area contributed by atoms with Gasteiger partial charge in [0.25, 0.3) is 5.91 Å². The van der Waals surface area contributed by atoms with Crippen molar-refractivity contribution in [3.8, 4) is 11.1 Å². The van der Waals surface area contributed by atoms with Crippen molar-refractivity contribution in [1.82, 2.24) is 25.0 Å². The highest BCUT2D eigenvalue weighted by Crippen LogP contribution is 2.20. The fourth-order valence-corrected chi connectivity index (χ4v) is 4.14. The Morgan fingerprint density at radius 1 is 1.03 bits per heavy atom. The first-order valence-electron chi connectivity index (χ1n) is 11.2. The molecule has 1 atom stereocenters. The van der Waals surface area contributed by atoms with Gasteiger partial charge in [-0.05, 0) is 48.4 Å². The third-order valence-electron chi connectivity index (χ3n) is 5.92. The number of nitrogens with zero attached hydrogens (tertiary/aromatic N) is 4. The highest BCUT2D eigenvalue weighted by Gasteiger charge is 2.23. The van der Waals surface area contributed by atoms with Crippen molar-refractivity contribution >= 4 is 11.8 Å². The van der Waals surface area contributed by atoms with Gasteiger partial charge in [0.2, 0.25) is 5.91 Å². The molecular weight excluding hydrogens is 402 g/mol. The quantitative estimate of drug-likeness (QED) is 0.593. The zero-order valence-electron chi connectivity index (χ0n) is 18.2. The van der Waals surface area contributed by atoms with Crippen molar-refractivity contribution in [2.24, 2.45) is 5.92 Å². The van der Waals surface area contributed by atoms with Crippen LogP contribution >= 0.6 is 0 Å². The lowest BCUT2D eigenvalue weighted by Crippen LogP contribution is -2.43. The third kappa shape index (κ3) is 5.81. The summed E-state index contributed by atoms with van der Waals surface area (Å²) in [6, 6.07) is 17.8. The molecule has 2 aromatic carbocycles. The fourth-order valence-electron chi connectivity index (χ4n) is 4.14. The normalized spacial score (nSPS) is 16.0. The number of likely N-dealkylation sites (tertiary alicyclic amines) is 1. The Bertz CT molecular complexity index is 1000. The van der Waals surface area contributed by atoms with E-state index in [9.17, 15) is 9.59 Å². The smallest absolute Gasteiger partial charge is 0.251 e. The van der Waals surface area contributed by atoms with Crippen LogP contribution in [0.1, 0.15) is 36.0 Å². The molecule has 166 valence electrons. The molecule has 1 saturated heterocycles. The molecule has 0 saturated carbocycles. The number of aromatic nitrogens is 3. The number of rotatable bonds is 8. The molecule has 7 heteroatoms. The van der Waals surface area contributed by atoms with Crippen LogP contribution in [0.4, 0.5) is 0 Å². The summed E-state index contributed by atoms with van der Waals surface area (Å²) in [5.41, 5.74) is 2.88. The maximum absolute atomic E-state index is 12.6. The average molecular weight is 432 g/mol. The Morgan fingerprint density at radius 2 is 1.81 bits per heavy atom. The molecule has 1 aliphatic rings. The van der Waals surface area contributed by atoms with Gasteiger partial charge in [0, 0.05) is 38.2 Å². The molecule has 2 heterocycles. The molecule has 3 aromatic rings. The van der Waals surface area contributed by atoms with E-state index in [2.05, 4.69) is 27.5 Å². The van der Waals surface area contributed by atoms with Crippen molar-refractivity contribution in [3.63, 3.8) is 0 Å². The van der Waals surface area contributed by atoms with Crippen LogP contribution in [0.3, 0.4) is 0 Å². The number of carbonyl (C=O) groups is 2. The Labute approximate surface area is 188 Å². The largest absolute Gasteiger partial charge is 0.352 e. The molecule has 0 bridgehead atoms. The molecule has 1 unspecified atom stereocenters. The molecule has 2 amide bonds. The summed E-state index contributed by atoms with van der Waals surface area (Å²) in [4.78, 5) is 31.0. The Morgan fingerprint density at radius 3 is 2.56 bits per heavy atom. The van der Waals surface area contributed by atoms with E-state index in [1.54, 1.807) is 11.0 Å². The molecular formula is C25H29N5O2. The number of piperidine rings is 1. The van der Waals surface area contributed by atoms with Gasteiger partial charge in [-0.25, -0.2) is 4.98 Å². The second-order valence-corrected chi connectivity index (χ2v) is 8.26. The maximum Gasteiger partial charge on any atom is 0.251 e. The van der Waals surface area contributed by atoms with Crippen molar-refractivity contribution in [2.45, 2.75) is 32.2 Å². The zero-order chi connectivity index (χ0) is 22.2. The summed E-state index contributed by atoms with van der Waals surface area (Å²) in [6.07, 6.45) is 6.42. The van der Waals surface area contributed by atoms with Gasteiger partial charge in [-0.15, -0.1) is 0 Å². The van der Waals surface area contributed by atoms with Crippen LogP contribution in [0.15, 0.2) is 67.3 Å². The van der Waals surface area contributed by atoms with Gasteiger partial charge >= 0.3 is 0 Å². The van der Waals surface area contributed by atoms with Crippen LogP contribution in [-0.4, -0.2) is 51.1 Å². The second kappa shape index (κ2) is 10.7. The number of hydrogen-bond acceptors (Lipinski definition) is 4. The summed E-state index contributed by atoms with van der Waals surface area (Å²) >= 11 is 0. The lowest BCUT2D eigenvalue weighted by atomic mass is 9.97. The number of benzene rings is 2. The van der Waals surface area contributed by atoms with Gasteiger partial charge in [0.05, 0.1) is 0 Å². The number of amides is 2. The number of nitrogens with one attached hydrogen (secondary N) is 1. The molecule has 1 aromatic heterocycles. The molecule has 0 spiro atoms. The van der Waals surface area contributed by atoms with Crippen LogP contribution in [0, 0.1) is 5.92 Å². The van der Waals surface area contributed by atoms with E-state index in [0.717, 1.165) is 36.9 Å². The Hall–Kier alpha value is -3.48. The van der Waals surface area contributed by atoms with E-state index in [-0.39, 0.29) is 17.7 Å². The minimum absolute atomic E-state index is 0.0686. The van der Waals surface area contributed by atoms with E-state index >= 15 is 0 Å². The van der Waals surface area contributed by atoms with Gasteiger partial charge in [-0.1, -0.05) is 42.5 Å². The fraction of sp³-hybridized carbons (Fsp3) is 0.360. The molecule has 1 aliphatic heterocycles. The molecule has 1 fully saturated rings. The average Bonchev–Trinajstić information content (AvgIpc) is 3.37. The van der Waals surface area contributed by atoms with E-state index < -0.39 is 0 Å². The summed E-state index contributed by atoms with van der Waals surface area (Å²) in [6.45, 7) is 2.78. The van der Waals surface area contributed by atoms with Crippen LogP contribution < -0.4 is 5.32 Å². The number of hydrogen-bond donors (Lipinski definition) is 1. The molecule has 0 aliphatic carbocycles. The van der Waals surface area contributed by atoms with Gasteiger partial charge in [-0.2, -0.15) is 5.10 Å². The first-order chi connectivity index (χ1) is 15.7. The van der Waals surface area contributed by atoms with Gasteiger partial charge < -0.3 is 10.2 Å². The monoisotopic (exact) mass is 431 g/mol. The van der Waals surface area contributed by atoms with Crippen molar-refractivity contribution in [3.05, 3.63) is 72.8 Å². The second-order valence-electron chi connectivity index (χ2n) is 8.26. The lowest BCUT2D eigenvalue weighted by Gasteiger charge is -2.33. The van der Waals surface area contributed by atoms with Gasteiger partial charge in [0.15, 0.2) is 0 Å². The highest BCUT2D eigenvalue weighted by atomic mass is 16.2. The summed E-state index contributed by atoms with van der Waals surface area (Å²) in [5.74, 6) is 0.397. The Kier molecular flexibility index (Phi) is 7.27. The van der Waals surface area contributed by atoms with Gasteiger partial charge in [0.1, 0.15) is 12.7 Å². The SMILES string of the molecule is O=C(NCC1CCCN(C(=O)CCCn2cncn2)C1)c1ccc(-c2ccccc2)cc1. The molecule has 7 nitrogen and oxygen atoms in total. The predicted octanol–water partition coefficient (Wildman–Crippen LogP) is 3.39. The number of carbonyl (C=O) groups excluding carboxylic acids is 2. The molecule has 0 radical (unpaired) electrons. The summed E-state index contributed by atoms with van der Waals surface area (Å²) in [5, 5.41) is 7.12. The van der Waals surface area contributed by atoms with E-state index in [4.69, 9.17) is 0 Å². The minimum Gasteiger partial charge on any atom is -0.352 e. The van der Waals surface area contributed by atoms with Crippen LogP contribution in [0.5, 0.6) is 0 Å². The van der Waals surface area contributed by atoms with Gasteiger partial charge in [-0.3, -0.25) is 14.3 Å². The number of aryl methyl sites for hydroxylation is 1. The predicted molar refractivity (Wildman–Crippen MR) is 123 cm³/mol. The summed E-state index contributed by atoms with van der Waals surface area (Å²) < 4.78 is 1.74. The van der Waals surface area contributed by atoms with Crippen molar-refractivity contribution in [2.75, 3.05) is 19.6 Å². The van der Waals surface area contributed by atoms with Crippen LogP contribution in [-0.2, 0) is 11.3 Å². The third-order valence-corrected chi connectivity index (χ3v) is 5.92. The van der Waals surface area contributed by atoms with Crippen molar-refractivity contribution in [1.29, 1.82) is 0 Å². The van der Waals surface area contributed by atoms with Crippen molar-refractivity contribution < 1.29 is 9.59 Å². The molecule has 1 N–H and O–H groups in total. The van der Waals surface area contributed by atoms with E-state index in [0.29, 0.717) is 31.6 Å². The maximum atomic E-state index is 12.6. The summed E-state index contributed by atoms with van der Waals surface area (Å²) in [7, 11) is 0. The highest BCUT2D eigenvalue weighted by molar-refractivity contribution is 5.94. The topological polar surface area (TPSA) is 80.1 Å². The van der Waals surface area contributed by atoms with E-state index in [1.165, 1.54) is 6.33 Å². The minimum atomic E-state index is -0.0686. The zero-order valence-corrected chi connectivity index (χ0v) is 18.2. The first kappa shape index (κ1) is 21.7. The first-order valence-corrected chi connectivity index (χ1v) is 11.2. The van der Waals surface area contributed by atoms with Crippen LogP contribution in [0.2, 0.25) is 0 Å². The molecule has 32 heavy (non-hydrogen) atoms. The molecule has 4 rings (SSSR count). The van der Waals surface area contributed by atoms with Crippen LogP contribution in [0.25, 0.3) is 11.1 Å². The van der Waals surface area contributed by atoms with E-state index in [1.807, 2.05) is 47.4 Å².